The van der Waals surface area contributed by atoms with Gasteiger partial charge in [-0.3, -0.25) is 14.5 Å². The third-order valence-electron chi connectivity index (χ3n) is 3.85. The molecule has 1 saturated heterocycles. The van der Waals surface area contributed by atoms with E-state index in [0.29, 0.717) is 17.7 Å². The van der Waals surface area contributed by atoms with Crippen molar-refractivity contribution in [2.45, 2.75) is 25.6 Å². The Morgan fingerprint density at radius 3 is 2.50 bits per heavy atom. The van der Waals surface area contributed by atoms with E-state index in [9.17, 15) is 9.59 Å². The summed E-state index contributed by atoms with van der Waals surface area (Å²) in [7, 11) is 0. The zero-order valence-corrected chi connectivity index (χ0v) is 12.4. The number of ether oxygens (including phenoxy) is 2. The molecule has 22 heavy (non-hydrogen) atoms. The summed E-state index contributed by atoms with van der Waals surface area (Å²) in [5, 5.41) is 0. The molecule has 0 spiro atoms. The SMILES string of the molecule is O=C1c2ccccc2C(=O)N1CC=CCOC1CCCCO1. The van der Waals surface area contributed by atoms with E-state index in [2.05, 4.69) is 0 Å². The Morgan fingerprint density at radius 1 is 1.14 bits per heavy atom. The number of carbonyl (C=O) groups excluding carboxylic acids is 2. The highest BCUT2D eigenvalue weighted by Crippen LogP contribution is 2.22. The minimum atomic E-state index is -0.234. The number of carbonyl (C=O) groups is 2. The second-order valence-electron chi connectivity index (χ2n) is 5.37. The van der Waals surface area contributed by atoms with Crippen LogP contribution in [0.25, 0.3) is 0 Å². The Morgan fingerprint density at radius 2 is 1.86 bits per heavy atom. The molecule has 2 aliphatic rings. The number of amides is 2. The first kappa shape index (κ1) is 14.9. The van der Waals surface area contributed by atoms with Gasteiger partial charge in [-0.05, 0) is 31.4 Å². The quantitative estimate of drug-likeness (QED) is 0.619. The molecule has 1 unspecified atom stereocenters. The number of hydrogen-bond donors (Lipinski definition) is 0. The maximum Gasteiger partial charge on any atom is 0.261 e. The van der Waals surface area contributed by atoms with E-state index in [1.54, 1.807) is 30.3 Å². The molecule has 0 aromatic heterocycles. The lowest BCUT2D eigenvalue weighted by atomic mass is 10.1. The molecule has 0 N–H and O–H groups in total. The molecule has 116 valence electrons. The summed E-state index contributed by atoms with van der Waals surface area (Å²) in [6.07, 6.45) is 6.62. The van der Waals surface area contributed by atoms with Crippen molar-refractivity contribution < 1.29 is 19.1 Å². The Kier molecular flexibility index (Phi) is 4.65. The molecule has 1 fully saturated rings. The minimum absolute atomic E-state index is 0.127. The molecular formula is C17H19NO4. The number of rotatable bonds is 5. The van der Waals surface area contributed by atoms with E-state index in [1.807, 2.05) is 6.08 Å². The third-order valence-corrected chi connectivity index (χ3v) is 3.85. The van der Waals surface area contributed by atoms with E-state index in [1.165, 1.54) is 4.90 Å². The molecular weight excluding hydrogens is 282 g/mol. The molecule has 0 bridgehead atoms. The van der Waals surface area contributed by atoms with E-state index in [4.69, 9.17) is 9.47 Å². The van der Waals surface area contributed by atoms with Gasteiger partial charge in [-0.15, -0.1) is 0 Å². The number of benzene rings is 1. The highest BCUT2D eigenvalue weighted by atomic mass is 16.7. The molecule has 3 rings (SSSR count). The van der Waals surface area contributed by atoms with E-state index in [0.717, 1.165) is 25.9 Å². The van der Waals surface area contributed by atoms with Crippen LogP contribution in [0.15, 0.2) is 36.4 Å². The standard InChI is InChI=1S/C17H19NO4/c19-16-13-7-1-2-8-14(13)17(20)18(16)10-4-6-12-22-15-9-3-5-11-21-15/h1-2,4,6-8,15H,3,5,9-12H2. The van der Waals surface area contributed by atoms with Gasteiger partial charge in [0.15, 0.2) is 6.29 Å². The lowest BCUT2D eigenvalue weighted by molar-refractivity contribution is -0.155. The van der Waals surface area contributed by atoms with Gasteiger partial charge in [-0.2, -0.15) is 0 Å². The second-order valence-corrected chi connectivity index (χ2v) is 5.37. The lowest BCUT2D eigenvalue weighted by Crippen LogP contribution is -2.29. The zero-order chi connectivity index (χ0) is 15.4. The number of fused-ring (bicyclic) bond motifs is 1. The van der Waals surface area contributed by atoms with Crippen LogP contribution < -0.4 is 0 Å². The summed E-state index contributed by atoms with van der Waals surface area (Å²) in [5.74, 6) is -0.469. The summed E-state index contributed by atoms with van der Waals surface area (Å²) in [4.78, 5) is 25.5. The molecule has 1 aromatic rings. The Hall–Kier alpha value is -1.98. The molecule has 1 atom stereocenters. The molecule has 2 amide bonds. The van der Waals surface area contributed by atoms with Gasteiger partial charge in [0.25, 0.3) is 11.8 Å². The lowest BCUT2D eigenvalue weighted by Gasteiger charge is -2.21. The second kappa shape index (κ2) is 6.85. The Bertz CT molecular complexity index is 555. The van der Waals surface area contributed by atoms with Gasteiger partial charge in [-0.1, -0.05) is 24.3 Å². The van der Waals surface area contributed by atoms with Crippen molar-refractivity contribution in [3.63, 3.8) is 0 Å². The summed E-state index contributed by atoms with van der Waals surface area (Å²) in [6.45, 7) is 1.44. The summed E-state index contributed by atoms with van der Waals surface area (Å²) in [5.41, 5.74) is 0.959. The van der Waals surface area contributed by atoms with Gasteiger partial charge in [0.1, 0.15) is 0 Å². The van der Waals surface area contributed by atoms with Crippen molar-refractivity contribution >= 4 is 11.8 Å². The molecule has 0 aliphatic carbocycles. The molecule has 2 heterocycles. The van der Waals surface area contributed by atoms with Crippen LogP contribution in [-0.2, 0) is 9.47 Å². The summed E-state index contributed by atoms with van der Waals surface area (Å²) in [6, 6.07) is 6.90. The number of imide groups is 1. The predicted octanol–water partition coefficient (Wildman–Crippen LogP) is 2.38. The molecule has 0 saturated carbocycles. The van der Waals surface area contributed by atoms with Crippen LogP contribution in [-0.4, -0.2) is 42.8 Å². The third kappa shape index (κ3) is 3.10. The van der Waals surface area contributed by atoms with Gasteiger partial charge in [0, 0.05) is 13.2 Å². The number of nitrogens with zero attached hydrogens (tertiary/aromatic N) is 1. The van der Waals surface area contributed by atoms with Crippen molar-refractivity contribution in [1.82, 2.24) is 4.90 Å². The van der Waals surface area contributed by atoms with Crippen LogP contribution in [0.3, 0.4) is 0 Å². The van der Waals surface area contributed by atoms with Gasteiger partial charge in [0.05, 0.1) is 17.7 Å². The normalized spacial score (nSPS) is 21.6. The van der Waals surface area contributed by atoms with Crippen LogP contribution in [0.5, 0.6) is 0 Å². The molecule has 1 aromatic carbocycles. The predicted molar refractivity (Wildman–Crippen MR) is 80.5 cm³/mol. The van der Waals surface area contributed by atoms with Crippen LogP contribution in [0.1, 0.15) is 40.0 Å². The van der Waals surface area contributed by atoms with E-state index < -0.39 is 0 Å². The fourth-order valence-electron chi connectivity index (χ4n) is 2.66. The van der Waals surface area contributed by atoms with Crippen molar-refractivity contribution in [3.05, 3.63) is 47.5 Å². The first-order valence-corrected chi connectivity index (χ1v) is 7.61. The van der Waals surface area contributed by atoms with Gasteiger partial charge < -0.3 is 9.47 Å². The average Bonchev–Trinajstić information content (AvgIpc) is 2.81. The monoisotopic (exact) mass is 301 g/mol. The Labute approximate surface area is 129 Å². The maximum atomic E-state index is 12.1. The number of hydrogen-bond acceptors (Lipinski definition) is 4. The van der Waals surface area contributed by atoms with Crippen molar-refractivity contribution in [3.8, 4) is 0 Å². The van der Waals surface area contributed by atoms with Crippen molar-refractivity contribution in [2.75, 3.05) is 19.8 Å². The fourth-order valence-corrected chi connectivity index (χ4v) is 2.66. The molecule has 5 heteroatoms. The first-order chi connectivity index (χ1) is 10.8. The highest BCUT2D eigenvalue weighted by molar-refractivity contribution is 6.21. The van der Waals surface area contributed by atoms with E-state index in [-0.39, 0.29) is 24.6 Å². The topological polar surface area (TPSA) is 55.8 Å². The minimum Gasteiger partial charge on any atom is -0.353 e. The van der Waals surface area contributed by atoms with Gasteiger partial charge in [0.2, 0.25) is 0 Å². The largest absolute Gasteiger partial charge is 0.353 e. The summed E-state index contributed by atoms with van der Waals surface area (Å²) >= 11 is 0. The van der Waals surface area contributed by atoms with Crippen LogP contribution in [0, 0.1) is 0 Å². The van der Waals surface area contributed by atoms with E-state index >= 15 is 0 Å². The van der Waals surface area contributed by atoms with Crippen molar-refractivity contribution in [1.29, 1.82) is 0 Å². The van der Waals surface area contributed by atoms with Crippen LogP contribution >= 0.6 is 0 Å². The first-order valence-electron chi connectivity index (χ1n) is 7.61. The Balaban J connectivity index is 1.49. The van der Waals surface area contributed by atoms with Crippen molar-refractivity contribution in [2.24, 2.45) is 0 Å². The van der Waals surface area contributed by atoms with Gasteiger partial charge in [-0.25, -0.2) is 0 Å². The zero-order valence-electron chi connectivity index (χ0n) is 12.4. The summed E-state index contributed by atoms with van der Waals surface area (Å²) < 4.78 is 11.0. The maximum absolute atomic E-state index is 12.1. The smallest absolute Gasteiger partial charge is 0.261 e. The molecule has 2 aliphatic heterocycles. The fraction of sp³-hybridized carbons (Fsp3) is 0.412. The highest BCUT2D eigenvalue weighted by Gasteiger charge is 2.33. The molecule has 5 nitrogen and oxygen atoms in total. The van der Waals surface area contributed by atoms with Crippen LogP contribution in [0.4, 0.5) is 0 Å². The van der Waals surface area contributed by atoms with Crippen LogP contribution in [0.2, 0.25) is 0 Å². The van der Waals surface area contributed by atoms with Gasteiger partial charge >= 0.3 is 0 Å². The molecule has 0 radical (unpaired) electrons. The average molecular weight is 301 g/mol.